The maximum absolute atomic E-state index is 12.3. The highest BCUT2D eigenvalue weighted by molar-refractivity contribution is 6.02. The number of ether oxygens (including phenoxy) is 1. The van der Waals surface area contributed by atoms with Gasteiger partial charge in [0, 0.05) is 28.9 Å². The number of aromatic nitrogens is 4. The van der Waals surface area contributed by atoms with Crippen LogP contribution in [0.5, 0.6) is 0 Å². The Kier molecular flexibility index (Phi) is 5.48. The third kappa shape index (κ3) is 4.30. The first-order valence-corrected chi connectivity index (χ1v) is 9.84. The van der Waals surface area contributed by atoms with Crippen molar-refractivity contribution in [1.29, 1.82) is 0 Å². The van der Waals surface area contributed by atoms with Crippen molar-refractivity contribution >= 4 is 40.1 Å². The second kappa shape index (κ2) is 8.39. The van der Waals surface area contributed by atoms with Gasteiger partial charge in [-0.2, -0.15) is 9.50 Å². The topological polar surface area (TPSA) is 124 Å². The van der Waals surface area contributed by atoms with E-state index in [4.69, 9.17) is 10.5 Å². The Morgan fingerprint density at radius 2 is 1.87 bits per heavy atom. The Morgan fingerprint density at radius 1 is 1.10 bits per heavy atom. The lowest BCUT2D eigenvalue weighted by atomic mass is 10.1. The first kappa shape index (κ1) is 20.3. The van der Waals surface area contributed by atoms with Gasteiger partial charge in [0.05, 0.1) is 0 Å². The Bertz CT molecular complexity index is 1290. The van der Waals surface area contributed by atoms with Gasteiger partial charge in [-0.15, -0.1) is 5.10 Å². The highest BCUT2D eigenvalue weighted by Gasteiger charge is 2.15. The fourth-order valence-corrected chi connectivity index (χ4v) is 3.55. The number of hydrogen-bond acceptors (Lipinski definition) is 7. The third-order valence-corrected chi connectivity index (χ3v) is 5.07. The number of benzene rings is 2. The maximum atomic E-state index is 12.3. The lowest BCUT2D eigenvalue weighted by Gasteiger charge is -2.11. The summed E-state index contributed by atoms with van der Waals surface area (Å²) in [5.74, 6) is -0.295. The van der Waals surface area contributed by atoms with Gasteiger partial charge in [0.15, 0.2) is 6.61 Å². The summed E-state index contributed by atoms with van der Waals surface area (Å²) < 4.78 is 6.71. The first-order chi connectivity index (χ1) is 14.9. The van der Waals surface area contributed by atoms with Crippen LogP contribution in [0.25, 0.3) is 16.6 Å². The van der Waals surface area contributed by atoms with Crippen molar-refractivity contribution in [3.05, 3.63) is 59.4 Å². The lowest BCUT2D eigenvalue weighted by molar-refractivity contribution is -0.147. The number of hydrogen-bond donors (Lipinski definition) is 2. The summed E-state index contributed by atoms with van der Waals surface area (Å²) in [5, 5.41) is 8.85. The number of nitrogens with zero attached hydrogens (tertiary/aromatic N) is 4. The van der Waals surface area contributed by atoms with E-state index in [0.717, 1.165) is 27.7 Å². The second-order valence-corrected chi connectivity index (χ2v) is 7.18. The van der Waals surface area contributed by atoms with Gasteiger partial charge < -0.3 is 15.8 Å². The summed E-state index contributed by atoms with van der Waals surface area (Å²) in [6.45, 7) is 3.36. The van der Waals surface area contributed by atoms with Gasteiger partial charge in [0.2, 0.25) is 5.95 Å². The van der Waals surface area contributed by atoms with Gasteiger partial charge in [-0.25, -0.2) is 4.98 Å². The number of nitrogens with two attached hydrogens (primary N) is 1. The van der Waals surface area contributed by atoms with Crippen LogP contribution in [0.2, 0.25) is 0 Å². The predicted molar refractivity (Wildman–Crippen MR) is 117 cm³/mol. The molecule has 4 rings (SSSR count). The number of aryl methyl sites for hydroxylation is 2. The number of fused-ring (bicyclic) bond motifs is 2. The molecule has 3 N–H and O–H groups in total. The minimum absolute atomic E-state index is 0.112. The molecule has 0 atom stereocenters. The van der Waals surface area contributed by atoms with Gasteiger partial charge in [0.1, 0.15) is 0 Å². The molecule has 0 bridgehead atoms. The largest absolute Gasteiger partial charge is 0.456 e. The van der Waals surface area contributed by atoms with Crippen LogP contribution >= 0.6 is 0 Å². The lowest BCUT2D eigenvalue weighted by Crippen LogP contribution is -2.21. The monoisotopic (exact) mass is 418 g/mol. The van der Waals surface area contributed by atoms with E-state index in [1.54, 1.807) is 4.52 Å². The van der Waals surface area contributed by atoms with Gasteiger partial charge in [-0.3, -0.25) is 9.59 Å². The summed E-state index contributed by atoms with van der Waals surface area (Å²) in [7, 11) is 0. The number of anilines is 2. The van der Waals surface area contributed by atoms with Crippen LogP contribution < -0.4 is 11.1 Å². The van der Waals surface area contributed by atoms with Crippen molar-refractivity contribution in [2.24, 2.45) is 0 Å². The van der Waals surface area contributed by atoms with Crippen LogP contribution in [0.1, 0.15) is 23.4 Å². The maximum Gasteiger partial charge on any atom is 0.306 e. The molecule has 9 nitrogen and oxygen atoms in total. The average molecular weight is 418 g/mol. The van der Waals surface area contributed by atoms with Crippen molar-refractivity contribution in [3.63, 3.8) is 0 Å². The summed E-state index contributed by atoms with van der Waals surface area (Å²) in [5.41, 5.74) is 8.75. The van der Waals surface area contributed by atoms with Crippen LogP contribution in [0.4, 0.5) is 11.6 Å². The van der Waals surface area contributed by atoms with Crippen LogP contribution in [-0.4, -0.2) is 38.1 Å². The number of carbonyl (C=O) groups excluding carboxylic acids is 2. The van der Waals surface area contributed by atoms with E-state index in [9.17, 15) is 9.59 Å². The SMILES string of the molecule is Cc1nc2nc(N)nn2c(C)c1CCC(=O)OCC(=O)Nc1cccc2ccccc12. The average Bonchev–Trinajstić information content (AvgIpc) is 3.12. The number of nitrogen functional groups attached to an aromatic ring is 1. The molecule has 2 aromatic carbocycles. The molecule has 31 heavy (non-hydrogen) atoms. The molecule has 1 amide bonds. The molecule has 4 aromatic rings. The van der Waals surface area contributed by atoms with E-state index >= 15 is 0 Å². The molecule has 0 saturated heterocycles. The zero-order valence-electron chi connectivity index (χ0n) is 17.3. The summed E-state index contributed by atoms with van der Waals surface area (Å²) in [6, 6.07) is 13.4. The molecule has 0 radical (unpaired) electrons. The van der Waals surface area contributed by atoms with Gasteiger partial charge >= 0.3 is 5.97 Å². The third-order valence-electron chi connectivity index (χ3n) is 5.07. The van der Waals surface area contributed by atoms with Crippen molar-refractivity contribution in [2.45, 2.75) is 26.7 Å². The Balaban J connectivity index is 1.34. The minimum Gasteiger partial charge on any atom is -0.456 e. The summed E-state index contributed by atoms with van der Waals surface area (Å²) >= 11 is 0. The fourth-order valence-electron chi connectivity index (χ4n) is 3.55. The van der Waals surface area contributed by atoms with E-state index < -0.39 is 11.9 Å². The number of carbonyl (C=O) groups is 2. The Labute approximate surface area is 178 Å². The van der Waals surface area contributed by atoms with Gasteiger partial charge in [0.25, 0.3) is 11.7 Å². The molecule has 0 spiro atoms. The number of amides is 1. The van der Waals surface area contributed by atoms with Crippen LogP contribution in [-0.2, 0) is 20.7 Å². The van der Waals surface area contributed by atoms with Crippen molar-refractivity contribution in [3.8, 4) is 0 Å². The molecule has 0 aliphatic heterocycles. The Morgan fingerprint density at radius 3 is 2.71 bits per heavy atom. The fraction of sp³-hybridized carbons (Fsp3) is 0.227. The molecule has 0 fully saturated rings. The number of rotatable bonds is 6. The summed E-state index contributed by atoms with van der Waals surface area (Å²) in [4.78, 5) is 32.9. The molecule has 0 unspecified atom stereocenters. The standard InChI is InChI=1S/C22H22N6O3/c1-13-16(14(2)28-22(24-13)26-21(23)27-28)10-11-20(30)31-12-19(29)25-18-9-5-7-15-6-3-4-8-17(15)18/h3-9H,10-12H2,1-2H3,(H2,23,27)(H,25,29). The number of nitrogens with one attached hydrogen (secondary N) is 1. The predicted octanol–water partition coefficient (Wildman–Crippen LogP) is 2.59. The van der Waals surface area contributed by atoms with Crippen molar-refractivity contribution in [2.75, 3.05) is 17.7 Å². The van der Waals surface area contributed by atoms with Crippen LogP contribution in [0, 0.1) is 13.8 Å². The minimum atomic E-state index is -0.468. The summed E-state index contributed by atoms with van der Waals surface area (Å²) in [6.07, 6.45) is 0.519. The Hall–Kier alpha value is -4.01. The molecule has 2 heterocycles. The molecule has 0 saturated carbocycles. The number of esters is 1. The quantitative estimate of drug-likeness (QED) is 0.461. The van der Waals surface area contributed by atoms with E-state index in [1.165, 1.54) is 0 Å². The molecule has 0 aliphatic carbocycles. The van der Waals surface area contributed by atoms with Gasteiger partial charge in [-0.05, 0) is 37.3 Å². The van der Waals surface area contributed by atoms with Crippen LogP contribution in [0.3, 0.4) is 0 Å². The van der Waals surface area contributed by atoms with Crippen LogP contribution in [0.15, 0.2) is 42.5 Å². The first-order valence-electron chi connectivity index (χ1n) is 9.84. The molecule has 2 aromatic heterocycles. The van der Waals surface area contributed by atoms with Crippen molar-refractivity contribution < 1.29 is 14.3 Å². The van der Waals surface area contributed by atoms with E-state index in [2.05, 4.69) is 20.4 Å². The van der Waals surface area contributed by atoms with E-state index in [0.29, 0.717) is 17.9 Å². The van der Waals surface area contributed by atoms with Gasteiger partial charge in [-0.1, -0.05) is 36.4 Å². The second-order valence-electron chi connectivity index (χ2n) is 7.18. The normalized spacial score (nSPS) is 11.0. The van der Waals surface area contributed by atoms with Crippen molar-refractivity contribution in [1.82, 2.24) is 19.6 Å². The molecular formula is C22H22N6O3. The smallest absolute Gasteiger partial charge is 0.306 e. The molecule has 9 heteroatoms. The van der Waals surface area contributed by atoms with E-state index in [-0.39, 0.29) is 19.0 Å². The zero-order chi connectivity index (χ0) is 22.0. The highest BCUT2D eigenvalue weighted by Crippen LogP contribution is 2.23. The molecular weight excluding hydrogens is 396 g/mol. The molecule has 0 aliphatic rings. The zero-order valence-corrected chi connectivity index (χ0v) is 17.3. The highest BCUT2D eigenvalue weighted by atomic mass is 16.5. The molecule has 158 valence electrons. The van der Waals surface area contributed by atoms with E-state index in [1.807, 2.05) is 56.3 Å².